The molecular weight excluding hydrogens is 258 g/mol. The molecule has 0 aliphatic carbocycles. The highest BCUT2D eigenvalue weighted by atomic mass is 35.5. The van der Waals surface area contributed by atoms with Crippen molar-refractivity contribution >= 4 is 23.4 Å². The van der Waals surface area contributed by atoms with E-state index in [-0.39, 0.29) is 6.61 Å². The molecule has 0 saturated heterocycles. The van der Waals surface area contributed by atoms with Crippen molar-refractivity contribution in [2.24, 2.45) is 0 Å². The van der Waals surface area contributed by atoms with Gasteiger partial charge in [-0.05, 0) is 30.3 Å². The molecule has 0 aliphatic heterocycles. The lowest BCUT2D eigenvalue weighted by molar-refractivity contribution is 0.113. The Hall–Kier alpha value is -0.260. The van der Waals surface area contributed by atoms with Gasteiger partial charge in [-0.1, -0.05) is 18.5 Å². The zero-order valence-corrected chi connectivity index (χ0v) is 11.4. The van der Waals surface area contributed by atoms with E-state index in [1.807, 2.05) is 25.1 Å². The van der Waals surface area contributed by atoms with Crippen LogP contribution >= 0.6 is 23.4 Å². The Morgan fingerprint density at radius 2 is 2.24 bits per heavy atom. The SMILES string of the molecule is CCNCc1cc(Cl)ccc1SCC(O)CO. The molecule has 1 aromatic rings. The molecule has 17 heavy (non-hydrogen) atoms. The standard InChI is InChI=1S/C12H18ClNO2S/c1-2-14-6-9-5-10(13)3-4-12(9)17-8-11(16)7-15/h3-5,11,14-16H,2,6-8H2,1H3. The van der Waals surface area contributed by atoms with Gasteiger partial charge in [0.25, 0.3) is 0 Å². The van der Waals surface area contributed by atoms with Crippen LogP contribution in [0, 0.1) is 0 Å². The third-order valence-electron chi connectivity index (χ3n) is 2.23. The summed E-state index contributed by atoms with van der Waals surface area (Å²) in [6.07, 6.45) is -0.678. The van der Waals surface area contributed by atoms with E-state index in [0.29, 0.717) is 10.8 Å². The van der Waals surface area contributed by atoms with Crippen molar-refractivity contribution in [1.82, 2.24) is 5.32 Å². The highest BCUT2D eigenvalue weighted by Gasteiger charge is 2.07. The molecule has 0 spiro atoms. The highest BCUT2D eigenvalue weighted by Crippen LogP contribution is 2.26. The first-order valence-corrected chi connectivity index (χ1v) is 6.94. The van der Waals surface area contributed by atoms with Gasteiger partial charge < -0.3 is 15.5 Å². The first-order valence-electron chi connectivity index (χ1n) is 5.58. The molecule has 96 valence electrons. The van der Waals surface area contributed by atoms with Gasteiger partial charge in [-0.3, -0.25) is 0 Å². The molecule has 3 N–H and O–H groups in total. The van der Waals surface area contributed by atoms with Crippen molar-refractivity contribution < 1.29 is 10.2 Å². The number of rotatable bonds is 7. The van der Waals surface area contributed by atoms with Crippen molar-refractivity contribution in [3.8, 4) is 0 Å². The highest BCUT2D eigenvalue weighted by molar-refractivity contribution is 7.99. The number of nitrogens with one attached hydrogen (secondary N) is 1. The molecule has 3 nitrogen and oxygen atoms in total. The zero-order chi connectivity index (χ0) is 12.7. The van der Waals surface area contributed by atoms with Crippen LogP contribution in [0.2, 0.25) is 5.02 Å². The molecule has 0 aliphatic rings. The molecule has 5 heteroatoms. The number of hydrogen-bond donors (Lipinski definition) is 3. The van der Waals surface area contributed by atoms with Gasteiger partial charge in [0, 0.05) is 22.2 Å². The number of hydrogen-bond acceptors (Lipinski definition) is 4. The van der Waals surface area contributed by atoms with Crippen LogP contribution in [0.3, 0.4) is 0 Å². The van der Waals surface area contributed by atoms with Gasteiger partial charge in [-0.25, -0.2) is 0 Å². The van der Waals surface area contributed by atoms with Crippen molar-refractivity contribution in [3.63, 3.8) is 0 Å². The monoisotopic (exact) mass is 275 g/mol. The third-order valence-corrected chi connectivity index (χ3v) is 3.73. The van der Waals surface area contributed by atoms with E-state index in [4.69, 9.17) is 16.7 Å². The predicted molar refractivity (Wildman–Crippen MR) is 72.6 cm³/mol. The van der Waals surface area contributed by atoms with Crippen LogP contribution in [-0.4, -0.2) is 35.2 Å². The summed E-state index contributed by atoms with van der Waals surface area (Å²) in [5.41, 5.74) is 1.12. The van der Waals surface area contributed by atoms with E-state index >= 15 is 0 Å². The maximum absolute atomic E-state index is 9.33. The molecule has 0 radical (unpaired) electrons. The van der Waals surface area contributed by atoms with E-state index in [0.717, 1.165) is 23.5 Å². The molecular formula is C12H18ClNO2S. The van der Waals surface area contributed by atoms with Crippen LogP contribution in [0.25, 0.3) is 0 Å². The average molecular weight is 276 g/mol. The third kappa shape index (κ3) is 5.27. The number of benzene rings is 1. The van der Waals surface area contributed by atoms with Crippen LogP contribution in [0.5, 0.6) is 0 Å². The minimum absolute atomic E-state index is 0.205. The Bertz CT molecular complexity index is 349. The summed E-state index contributed by atoms with van der Waals surface area (Å²) in [4.78, 5) is 1.09. The summed E-state index contributed by atoms with van der Waals surface area (Å²) < 4.78 is 0. The van der Waals surface area contributed by atoms with E-state index in [9.17, 15) is 5.11 Å². The molecule has 1 unspecified atom stereocenters. The van der Waals surface area contributed by atoms with Gasteiger partial charge in [0.05, 0.1) is 12.7 Å². The molecule has 0 saturated carbocycles. The lowest BCUT2D eigenvalue weighted by Crippen LogP contribution is -2.15. The Morgan fingerprint density at radius 1 is 1.47 bits per heavy atom. The molecule has 1 atom stereocenters. The number of aliphatic hydroxyl groups is 2. The molecule has 0 amide bonds. The number of aliphatic hydroxyl groups excluding tert-OH is 2. The largest absolute Gasteiger partial charge is 0.394 e. The molecule has 1 rings (SSSR count). The number of halogens is 1. The van der Waals surface area contributed by atoms with E-state index in [1.54, 1.807) is 0 Å². The second kappa shape index (κ2) is 7.95. The van der Waals surface area contributed by atoms with E-state index in [2.05, 4.69) is 5.32 Å². The lowest BCUT2D eigenvalue weighted by Gasteiger charge is -2.12. The van der Waals surface area contributed by atoms with E-state index in [1.165, 1.54) is 11.8 Å². The second-order valence-electron chi connectivity index (χ2n) is 3.68. The summed E-state index contributed by atoms with van der Waals surface area (Å²) in [6, 6.07) is 5.71. The Morgan fingerprint density at radius 3 is 2.88 bits per heavy atom. The first-order chi connectivity index (χ1) is 8.17. The maximum Gasteiger partial charge on any atom is 0.0864 e. The topological polar surface area (TPSA) is 52.5 Å². The van der Waals surface area contributed by atoms with Gasteiger partial charge >= 0.3 is 0 Å². The Balaban J connectivity index is 2.68. The van der Waals surface area contributed by atoms with Crippen LogP contribution in [0.15, 0.2) is 23.1 Å². The number of thioether (sulfide) groups is 1. The smallest absolute Gasteiger partial charge is 0.0864 e. The second-order valence-corrected chi connectivity index (χ2v) is 5.18. The summed E-state index contributed by atoms with van der Waals surface area (Å²) in [6.45, 7) is 3.50. The van der Waals surface area contributed by atoms with Gasteiger partial charge in [0.1, 0.15) is 0 Å². The van der Waals surface area contributed by atoms with Gasteiger partial charge in [-0.2, -0.15) is 0 Å². The summed E-state index contributed by atoms with van der Waals surface area (Å²) in [7, 11) is 0. The predicted octanol–water partition coefficient (Wildman–Crippen LogP) is 1.89. The van der Waals surface area contributed by atoms with Crippen LogP contribution in [-0.2, 0) is 6.54 Å². The fourth-order valence-electron chi connectivity index (χ4n) is 1.33. The fourth-order valence-corrected chi connectivity index (χ4v) is 2.48. The summed E-state index contributed by atoms with van der Waals surface area (Å²) >= 11 is 7.49. The quantitative estimate of drug-likeness (QED) is 0.666. The van der Waals surface area contributed by atoms with Gasteiger partial charge in [0.2, 0.25) is 0 Å². The Kier molecular flexibility index (Phi) is 6.92. The minimum atomic E-state index is -0.678. The zero-order valence-electron chi connectivity index (χ0n) is 9.82. The van der Waals surface area contributed by atoms with E-state index < -0.39 is 6.10 Å². The van der Waals surface area contributed by atoms with Crippen molar-refractivity contribution in [2.45, 2.75) is 24.5 Å². The summed E-state index contributed by atoms with van der Waals surface area (Å²) in [5.74, 6) is 0.483. The van der Waals surface area contributed by atoms with Gasteiger partial charge in [-0.15, -0.1) is 11.8 Å². The molecule has 0 aromatic heterocycles. The lowest BCUT2D eigenvalue weighted by atomic mass is 10.2. The molecule has 0 bridgehead atoms. The van der Waals surface area contributed by atoms with Crippen molar-refractivity contribution in [2.75, 3.05) is 18.9 Å². The minimum Gasteiger partial charge on any atom is -0.394 e. The molecule has 0 heterocycles. The first kappa shape index (κ1) is 14.8. The van der Waals surface area contributed by atoms with Gasteiger partial charge in [0.15, 0.2) is 0 Å². The summed E-state index contributed by atoms with van der Waals surface area (Å²) in [5, 5.41) is 22.1. The normalized spacial score (nSPS) is 12.7. The van der Waals surface area contributed by atoms with Crippen LogP contribution < -0.4 is 5.32 Å². The average Bonchev–Trinajstić information content (AvgIpc) is 2.34. The van der Waals surface area contributed by atoms with Crippen LogP contribution in [0.1, 0.15) is 12.5 Å². The fraction of sp³-hybridized carbons (Fsp3) is 0.500. The Labute approximate surface area is 111 Å². The van der Waals surface area contributed by atoms with Crippen molar-refractivity contribution in [1.29, 1.82) is 0 Å². The maximum atomic E-state index is 9.33. The van der Waals surface area contributed by atoms with Crippen molar-refractivity contribution in [3.05, 3.63) is 28.8 Å². The van der Waals surface area contributed by atoms with Crippen LogP contribution in [0.4, 0.5) is 0 Å². The molecule has 1 aromatic carbocycles. The molecule has 0 fully saturated rings.